The first-order valence-electron chi connectivity index (χ1n) is 13.3. The van der Waals surface area contributed by atoms with E-state index in [0.29, 0.717) is 24.2 Å². The molecule has 0 radical (unpaired) electrons. The van der Waals surface area contributed by atoms with Gasteiger partial charge in [-0.05, 0) is 51.1 Å². The lowest BCUT2D eigenvalue weighted by molar-refractivity contribution is 0.108. The van der Waals surface area contributed by atoms with Gasteiger partial charge in [-0.2, -0.15) is 10.2 Å². The van der Waals surface area contributed by atoms with E-state index < -0.39 is 6.10 Å². The average molecular weight is 517 g/mol. The predicted octanol–water partition coefficient (Wildman–Crippen LogP) is 3.55. The fourth-order valence-corrected chi connectivity index (χ4v) is 5.06. The predicted molar refractivity (Wildman–Crippen MR) is 147 cm³/mol. The molecule has 1 fully saturated rings. The van der Waals surface area contributed by atoms with Crippen molar-refractivity contribution >= 4 is 5.82 Å². The molecule has 38 heavy (non-hydrogen) atoms. The van der Waals surface area contributed by atoms with Crippen LogP contribution < -0.4 is 15.0 Å². The molecule has 4 aromatic rings. The van der Waals surface area contributed by atoms with Gasteiger partial charge in [0, 0.05) is 61.6 Å². The van der Waals surface area contributed by atoms with Crippen LogP contribution >= 0.6 is 0 Å². The van der Waals surface area contributed by atoms with Gasteiger partial charge in [-0.15, -0.1) is 0 Å². The van der Waals surface area contributed by atoms with Crippen LogP contribution in [-0.2, 0) is 0 Å². The number of hydrogen-bond donors (Lipinski definition) is 2. The molecule has 1 aliphatic rings. The van der Waals surface area contributed by atoms with Crippen LogP contribution in [-0.4, -0.2) is 74.0 Å². The maximum absolute atomic E-state index is 10.2. The lowest BCUT2D eigenvalue weighted by Gasteiger charge is -2.33. The van der Waals surface area contributed by atoms with Gasteiger partial charge in [-0.25, -0.2) is 19.3 Å². The summed E-state index contributed by atoms with van der Waals surface area (Å²) in [7, 11) is 3.94. The van der Waals surface area contributed by atoms with Gasteiger partial charge < -0.3 is 20.1 Å². The fraction of sp³-hybridized carbons (Fsp3) is 0.429. The second kappa shape index (κ2) is 11.7. The molecule has 0 saturated heterocycles. The number of hydrogen-bond acceptors (Lipinski definition) is 8. The van der Waals surface area contributed by atoms with Crippen molar-refractivity contribution in [3.8, 4) is 28.6 Å². The highest BCUT2D eigenvalue weighted by Crippen LogP contribution is 2.33. The molecule has 0 spiro atoms. The molecule has 1 atom stereocenters. The summed E-state index contributed by atoms with van der Waals surface area (Å²) in [5.74, 6) is 2.83. The molecule has 0 amide bonds. The number of benzene rings is 1. The third-order valence-corrected chi connectivity index (χ3v) is 7.07. The Labute approximate surface area is 223 Å². The summed E-state index contributed by atoms with van der Waals surface area (Å²) in [4.78, 5) is 12.4. The van der Waals surface area contributed by atoms with Crippen molar-refractivity contribution in [2.75, 3.05) is 32.1 Å². The Morgan fingerprint density at radius 1 is 1.05 bits per heavy atom. The maximum Gasteiger partial charge on any atom is 0.164 e. The summed E-state index contributed by atoms with van der Waals surface area (Å²) in [6.07, 6.45) is 12.7. The highest BCUT2D eigenvalue weighted by Gasteiger charge is 2.24. The van der Waals surface area contributed by atoms with E-state index in [2.05, 4.69) is 34.4 Å². The van der Waals surface area contributed by atoms with Gasteiger partial charge in [0.15, 0.2) is 11.6 Å². The Kier molecular flexibility index (Phi) is 8.00. The second-order valence-electron chi connectivity index (χ2n) is 9.86. The summed E-state index contributed by atoms with van der Waals surface area (Å²) in [6.45, 7) is 2.66. The van der Waals surface area contributed by atoms with Crippen LogP contribution in [0.15, 0.2) is 55.1 Å². The Balaban J connectivity index is 1.60. The monoisotopic (exact) mass is 516 g/mol. The smallest absolute Gasteiger partial charge is 0.164 e. The molecule has 1 unspecified atom stereocenters. The van der Waals surface area contributed by atoms with Gasteiger partial charge in [-0.1, -0.05) is 19.3 Å². The van der Waals surface area contributed by atoms with Crippen LogP contribution in [0.4, 0.5) is 5.82 Å². The molecular weight excluding hydrogens is 480 g/mol. The van der Waals surface area contributed by atoms with E-state index in [1.165, 1.54) is 19.3 Å². The molecule has 200 valence electrons. The van der Waals surface area contributed by atoms with E-state index in [1.807, 2.05) is 42.7 Å². The first kappa shape index (κ1) is 25.9. The highest BCUT2D eigenvalue weighted by atomic mass is 16.5. The average Bonchev–Trinajstić information content (AvgIpc) is 3.67. The highest BCUT2D eigenvalue weighted by molar-refractivity contribution is 5.67. The van der Waals surface area contributed by atoms with Gasteiger partial charge in [-0.3, -0.25) is 0 Å². The van der Waals surface area contributed by atoms with Crippen molar-refractivity contribution in [3.05, 3.63) is 60.7 Å². The fourth-order valence-electron chi connectivity index (χ4n) is 5.06. The van der Waals surface area contributed by atoms with Gasteiger partial charge in [0.2, 0.25) is 0 Å². The summed E-state index contributed by atoms with van der Waals surface area (Å²) in [5.41, 5.74) is 2.60. The van der Waals surface area contributed by atoms with E-state index in [9.17, 15) is 5.11 Å². The van der Waals surface area contributed by atoms with Gasteiger partial charge in [0.25, 0.3) is 0 Å². The van der Waals surface area contributed by atoms with Crippen molar-refractivity contribution in [2.24, 2.45) is 0 Å². The molecule has 2 N–H and O–H groups in total. The van der Waals surface area contributed by atoms with E-state index in [-0.39, 0.29) is 6.61 Å². The summed E-state index contributed by atoms with van der Waals surface area (Å²) in [5, 5.41) is 22.0. The zero-order valence-corrected chi connectivity index (χ0v) is 22.3. The molecule has 3 aromatic heterocycles. The number of likely N-dealkylation sites (N-methyl/N-ethyl adjacent to an activating group) is 1. The van der Waals surface area contributed by atoms with Crippen molar-refractivity contribution in [3.63, 3.8) is 0 Å². The number of aromatic nitrogens is 6. The maximum atomic E-state index is 10.2. The van der Waals surface area contributed by atoms with Crippen molar-refractivity contribution in [1.29, 1.82) is 0 Å². The number of nitrogens with zero attached hydrogens (tertiary/aromatic N) is 7. The minimum Gasteiger partial charge on any atom is -0.491 e. The Bertz CT molecular complexity index is 1320. The minimum atomic E-state index is -0.630. The number of rotatable bonds is 10. The molecule has 10 nitrogen and oxygen atoms in total. The Hall–Kier alpha value is -3.76. The summed E-state index contributed by atoms with van der Waals surface area (Å²) < 4.78 is 9.57. The van der Waals surface area contributed by atoms with Crippen LogP contribution in [0.25, 0.3) is 22.9 Å². The Morgan fingerprint density at radius 2 is 1.79 bits per heavy atom. The number of ether oxygens (including phenoxy) is 1. The molecule has 1 saturated carbocycles. The third kappa shape index (κ3) is 5.71. The Morgan fingerprint density at radius 3 is 2.47 bits per heavy atom. The van der Waals surface area contributed by atoms with Gasteiger partial charge >= 0.3 is 0 Å². The molecule has 0 aliphatic heterocycles. The number of aliphatic hydroxyl groups excluding tert-OH is 1. The lowest BCUT2D eigenvalue weighted by Crippen LogP contribution is -2.35. The van der Waals surface area contributed by atoms with E-state index in [1.54, 1.807) is 28.8 Å². The summed E-state index contributed by atoms with van der Waals surface area (Å²) in [6, 6.07) is 10.0. The van der Waals surface area contributed by atoms with Crippen LogP contribution in [0.2, 0.25) is 0 Å². The largest absolute Gasteiger partial charge is 0.491 e. The molecule has 1 aliphatic carbocycles. The number of nitrogens with one attached hydrogen (secondary N) is 1. The number of aliphatic hydroxyl groups is 1. The molecule has 1 aromatic carbocycles. The zero-order chi connectivity index (χ0) is 26.5. The zero-order valence-electron chi connectivity index (χ0n) is 22.3. The van der Waals surface area contributed by atoms with E-state index in [4.69, 9.17) is 14.7 Å². The molecule has 0 bridgehead atoms. The van der Waals surface area contributed by atoms with Gasteiger partial charge in [0.1, 0.15) is 24.3 Å². The van der Waals surface area contributed by atoms with Crippen LogP contribution in [0.3, 0.4) is 0 Å². The lowest BCUT2D eigenvalue weighted by atomic mass is 9.94. The normalized spacial score (nSPS) is 14.9. The topological polar surface area (TPSA) is 106 Å². The molecular formula is C28H36N8O2. The van der Waals surface area contributed by atoms with E-state index in [0.717, 1.165) is 41.3 Å². The standard InChI is InChI=1S/C28H36N8O2/c1-20-27(34(3)22-9-5-4-6-10-22)32-26(33-28(20)36-14-8-12-31-36)21-15-23(35-13-7-11-30-35)17-25(16-21)38-19-24(37)18-29-2/h7-8,11-17,22,24,29,37H,4-6,9-10,18-19H2,1-3H3. The van der Waals surface area contributed by atoms with E-state index >= 15 is 0 Å². The van der Waals surface area contributed by atoms with Gasteiger partial charge in [0.05, 0.1) is 5.69 Å². The molecule has 10 heteroatoms. The van der Waals surface area contributed by atoms with Crippen molar-refractivity contribution in [2.45, 2.75) is 51.2 Å². The second-order valence-corrected chi connectivity index (χ2v) is 9.86. The first-order valence-corrected chi connectivity index (χ1v) is 13.3. The third-order valence-electron chi connectivity index (χ3n) is 7.07. The van der Waals surface area contributed by atoms with Crippen LogP contribution in [0.1, 0.15) is 37.7 Å². The molecule has 3 heterocycles. The first-order chi connectivity index (χ1) is 18.5. The van der Waals surface area contributed by atoms with Crippen LogP contribution in [0, 0.1) is 6.92 Å². The summed E-state index contributed by atoms with van der Waals surface area (Å²) >= 11 is 0. The van der Waals surface area contributed by atoms with Crippen LogP contribution in [0.5, 0.6) is 5.75 Å². The molecule has 5 rings (SSSR count). The quantitative estimate of drug-likeness (QED) is 0.330. The number of anilines is 1. The van der Waals surface area contributed by atoms with Crippen molar-refractivity contribution < 1.29 is 9.84 Å². The van der Waals surface area contributed by atoms with Crippen molar-refractivity contribution in [1.82, 2.24) is 34.8 Å². The minimum absolute atomic E-state index is 0.159. The SMILES string of the molecule is CNCC(O)COc1cc(-c2nc(N(C)C3CCCCC3)c(C)c(-n3cccn3)n2)cc(-n2cccn2)c1.